The van der Waals surface area contributed by atoms with E-state index in [0.29, 0.717) is 5.70 Å². The van der Waals surface area contributed by atoms with Crippen LogP contribution in [-0.2, 0) is 0 Å². The van der Waals surface area contributed by atoms with Crippen molar-refractivity contribution in [1.82, 2.24) is 0 Å². The first-order valence-corrected chi connectivity index (χ1v) is 4.88. The largest absolute Gasteiger partial charge is 0.145 e. The molecule has 1 aliphatic carbocycles. The maximum atomic E-state index is 10.7. The number of rotatable bonds is 1. The van der Waals surface area contributed by atoms with E-state index in [2.05, 4.69) is 5.18 Å². The Balaban J connectivity index is 2.58. The highest BCUT2D eigenvalue weighted by molar-refractivity contribution is 5.74. The lowest BCUT2D eigenvalue weighted by Gasteiger charge is -2.02. The van der Waals surface area contributed by atoms with Gasteiger partial charge in [0.15, 0.2) is 0 Å². The van der Waals surface area contributed by atoms with Gasteiger partial charge in [-0.2, -0.15) is 0 Å². The number of nitrogens with zero attached hydrogens (tertiary/aromatic N) is 1. The minimum absolute atomic E-state index is 0.516. The summed E-state index contributed by atoms with van der Waals surface area (Å²) in [5, 5.41) is 3.08. The van der Waals surface area contributed by atoms with Gasteiger partial charge in [-0.3, -0.25) is 0 Å². The smallest absolute Gasteiger partial charge is 0.112 e. The van der Waals surface area contributed by atoms with Crippen LogP contribution in [0.15, 0.2) is 53.7 Å². The Bertz CT molecular complexity index is 455. The molecule has 0 N–H and O–H groups in total. The fourth-order valence-corrected chi connectivity index (χ4v) is 1.57. The molecule has 0 unspecified atom stereocenters. The summed E-state index contributed by atoms with van der Waals surface area (Å²) in [5.41, 5.74) is 2.43. The van der Waals surface area contributed by atoms with Crippen LogP contribution in [0.25, 0.3) is 11.8 Å². The molecule has 74 valence electrons. The van der Waals surface area contributed by atoms with Crippen LogP contribution < -0.4 is 0 Å². The lowest BCUT2D eigenvalue weighted by Crippen LogP contribution is -1.85. The summed E-state index contributed by atoms with van der Waals surface area (Å²) in [7, 11) is 0. The maximum Gasteiger partial charge on any atom is 0.112 e. The molecule has 0 radical (unpaired) electrons. The number of fused-ring (bicyclic) bond motifs is 1. The van der Waals surface area contributed by atoms with E-state index in [1.807, 2.05) is 54.6 Å². The van der Waals surface area contributed by atoms with Crippen molar-refractivity contribution in [2.24, 2.45) is 5.18 Å². The molecule has 1 aromatic carbocycles. The van der Waals surface area contributed by atoms with Crippen molar-refractivity contribution in [3.05, 3.63) is 64.6 Å². The molecule has 15 heavy (non-hydrogen) atoms. The first kappa shape index (κ1) is 9.59. The number of allylic oxidation sites excluding steroid dienone is 4. The molecular formula is C13H11NO. The predicted molar refractivity (Wildman–Crippen MR) is 63.0 cm³/mol. The molecule has 2 nitrogen and oxygen atoms in total. The van der Waals surface area contributed by atoms with Crippen LogP contribution >= 0.6 is 0 Å². The minimum Gasteiger partial charge on any atom is -0.145 e. The number of hydrogen-bond acceptors (Lipinski definition) is 2. The average molecular weight is 197 g/mol. The van der Waals surface area contributed by atoms with E-state index in [1.54, 1.807) is 0 Å². The monoisotopic (exact) mass is 197 g/mol. The first-order chi connectivity index (χ1) is 7.42. The zero-order chi connectivity index (χ0) is 10.5. The third-order valence-electron chi connectivity index (χ3n) is 2.31. The lowest BCUT2D eigenvalue weighted by molar-refractivity contribution is 1.35. The summed E-state index contributed by atoms with van der Waals surface area (Å²) >= 11 is 0. The molecule has 0 spiro atoms. The normalized spacial score (nSPS) is 22.3. The predicted octanol–water partition coefficient (Wildman–Crippen LogP) is 3.77. The molecule has 1 aromatic rings. The van der Waals surface area contributed by atoms with Gasteiger partial charge in [0.1, 0.15) is 5.70 Å². The summed E-state index contributed by atoms with van der Waals surface area (Å²) in [6.45, 7) is 0. The maximum absolute atomic E-state index is 10.7. The van der Waals surface area contributed by atoms with Crippen LogP contribution in [-0.4, -0.2) is 0 Å². The van der Waals surface area contributed by atoms with E-state index in [9.17, 15) is 4.91 Å². The molecule has 0 aromatic heterocycles. The Morgan fingerprint density at radius 2 is 2.00 bits per heavy atom. The van der Waals surface area contributed by atoms with E-state index in [4.69, 9.17) is 0 Å². The average Bonchev–Trinajstić information content (AvgIpc) is 2.38. The van der Waals surface area contributed by atoms with Crippen molar-refractivity contribution in [3.63, 3.8) is 0 Å². The van der Waals surface area contributed by atoms with Gasteiger partial charge in [-0.15, -0.1) is 4.91 Å². The summed E-state index contributed by atoms with van der Waals surface area (Å²) in [4.78, 5) is 10.7. The van der Waals surface area contributed by atoms with Gasteiger partial charge in [0.2, 0.25) is 0 Å². The molecular weight excluding hydrogens is 186 g/mol. The van der Waals surface area contributed by atoms with Gasteiger partial charge in [-0.1, -0.05) is 54.6 Å². The molecule has 0 amide bonds. The van der Waals surface area contributed by atoms with Gasteiger partial charge in [0.25, 0.3) is 0 Å². The molecule has 0 aliphatic heterocycles. The van der Waals surface area contributed by atoms with Crippen molar-refractivity contribution in [2.45, 2.75) is 6.42 Å². The van der Waals surface area contributed by atoms with Crippen molar-refractivity contribution in [3.8, 4) is 0 Å². The summed E-state index contributed by atoms with van der Waals surface area (Å²) < 4.78 is 0. The van der Waals surface area contributed by atoms with E-state index in [0.717, 1.165) is 17.5 Å². The quantitative estimate of drug-likeness (QED) is 0.630. The van der Waals surface area contributed by atoms with Crippen LogP contribution in [0.5, 0.6) is 0 Å². The first-order valence-electron chi connectivity index (χ1n) is 4.88. The zero-order valence-corrected chi connectivity index (χ0v) is 8.26. The standard InChI is InChI=1S/C13H11NO/c15-14-13-10-4-2-1-3-7-11-8-5-6-9-12(11)13/h1-3,5-10H,4H2/b2-1-,7-3+,13-10-. The molecule has 0 heterocycles. The zero-order valence-electron chi connectivity index (χ0n) is 8.26. The van der Waals surface area contributed by atoms with Crippen LogP contribution in [0.3, 0.4) is 0 Å². The second-order valence-electron chi connectivity index (χ2n) is 3.29. The summed E-state index contributed by atoms with van der Waals surface area (Å²) in [6, 6.07) is 7.76. The van der Waals surface area contributed by atoms with Gasteiger partial charge in [-0.05, 0) is 17.2 Å². The Labute approximate surface area is 88.6 Å². The van der Waals surface area contributed by atoms with Crippen LogP contribution in [0.4, 0.5) is 0 Å². The fraction of sp³-hybridized carbons (Fsp3) is 0.0769. The van der Waals surface area contributed by atoms with Crippen molar-refractivity contribution in [2.75, 3.05) is 0 Å². The van der Waals surface area contributed by atoms with Crippen LogP contribution in [0.1, 0.15) is 17.5 Å². The van der Waals surface area contributed by atoms with Gasteiger partial charge in [-0.25, -0.2) is 0 Å². The lowest BCUT2D eigenvalue weighted by atomic mass is 10.0. The highest BCUT2D eigenvalue weighted by Gasteiger charge is 2.05. The number of hydrogen-bond donors (Lipinski definition) is 0. The highest BCUT2D eigenvalue weighted by Crippen LogP contribution is 2.23. The minimum atomic E-state index is 0.516. The fourth-order valence-electron chi connectivity index (χ4n) is 1.57. The Morgan fingerprint density at radius 1 is 1.13 bits per heavy atom. The molecule has 0 saturated carbocycles. The molecule has 0 atom stereocenters. The molecule has 0 bridgehead atoms. The third kappa shape index (κ3) is 2.10. The van der Waals surface area contributed by atoms with Gasteiger partial charge >= 0.3 is 0 Å². The second kappa shape index (κ2) is 4.51. The molecule has 0 fully saturated rings. The van der Waals surface area contributed by atoms with Crippen LogP contribution in [0.2, 0.25) is 0 Å². The second-order valence-corrected chi connectivity index (χ2v) is 3.29. The summed E-state index contributed by atoms with van der Waals surface area (Å²) in [6.07, 6.45) is 10.5. The highest BCUT2D eigenvalue weighted by atomic mass is 16.3. The van der Waals surface area contributed by atoms with Gasteiger partial charge in [0, 0.05) is 5.56 Å². The Kier molecular flexibility index (Phi) is 2.88. The SMILES string of the molecule is O=N/C1=C\C/C=C\C=C\c2ccccc21. The van der Waals surface area contributed by atoms with E-state index in [1.165, 1.54) is 0 Å². The van der Waals surface area contributed by atoms with Crippen molar-refractivity contribution >= 4 is 11.8 Å². The van der Waals surface area contributed by atoms with Crippen molar-refractivity contribution < 1.29 is 0 Å². The topological polar surface area (TPSA) is 29.4 Å². The Morgan fingerprint density at radius 3 is 2.87 bits per heavy atom. The van der Waals surface area contributed by atoms with E-state index < -0.39 is 0 Å². The van der Waals surface area contributed by atoms with E-state index >= 15 is 0 Å². The van der Waals surface area contributed by atoms with Crippen molar-refractivity contribution in [1.29, 1.82) is 0 Å². The van der Waals surface area contributed by atoms with Crippen LogP contribution in [0, 0.1) is 4.91 Å². The Hall–Kier alpha value is -1.96. The van der Waals surface area contributed by atoms with E-state index in [-0.39, 0.29) is 0 Å². The van der Waals surface area contributed by atoms with Gasteiger partial charge in [0.05, 0.1) is 0 Å². The molecule has 2 rings (SSSR count). The third-order valence-corrected chi connectivity index (χ3v) is 2.31. The molecule has 1 aliphatic rings. The van der Waals surface area contributed by atoms with Gasteiger partial charge < -0.3 is 0 Å². The number of nitroso groups, excluding NO2 is 1. The molecule has 2 heteroatoms. The molecule has 0 saturated heterocycles. The number of benzene rings is 1. The summed E-state index contributed by atoms with van der Waals surface area (Å²) in [5.74, 6) is 0.